The smallest absolute Gasteiger partial charge is 0.242 e. The van der Waals surface area contributed by atoms with Gasteiger partial charge in [-0.25, -0.2) is 4.98 Å². The van der Waals surface area contributed by atoms with E-state index in [1.54, 1.807) is 7.11 Å². The predicted octanol–water partition coefficient (Wildman–Crippen LogP) is 2.14. The van der Waals surface area contributed by atoms with Gasteiger partial charge in [-0.2, -0.15) is 0 Å². The number of piperidine rings is 1. The van der Waals surface area contributed by atoms with Crippen molar-refractivity contribution >= 4 is 16.9 Å². The van der Waals surface area contributed by atoms with E-state index in [2.05, 4.69) is 4.98 Å². The molecule has 6 heteroatoms. The minimum Gasteiger partial charge on any atom is -0.378 e. The van der Waals surface area contributed by atoms with Crippen LogP contribution in [0.1, 0.15) is 25.1 Å². The van der Waals surface area contributed by atoms with Gasteiger partial charge in [-0.1, -0.05) is 12.1 Å². The summed E-state index contributed by atoms with van der Waals surface area (Å²) in [6.07, 6.45) is 2.90. The van der Waals surface area contributed by atoms with E-state index in [1.165, 1.54) is 0 Å². The Morgan fingerprint density at radius 3 is 3.04 bits per heavy atom. The number of fused-ring (bicyclic) bond motifs is 1. The van der Waals surface area contributed by atoms with E-state index in [9.17, 15) is 4.79 Å². The number of hydrogen-bond acceptors (Lipinski definition) is 4. The fourth-order valence-electron chi connectivity index (χ4n) is 4.31. The molecule has 2 aliphatic rings. The molecule has 2 fully saturated rings. The number of aryl methyl sites for hydroxylation is 1. The number of aromatic nitrogens is 2. The van der Waals surface area contributed by atoms with Crippen LogP contribution in [0.25, 0.3) is 11.0 Å². The second-order valence-electron chi connectivity index (χ2n) is 7.08. The molecule has 0 radical (unpaired) electrons. The molecule has 4 rings (SSSR count). The highest BCUT2D eigenvalue weighted by atomic mass is 16.6. The molecule has 2 aliphatic heterocycles. The van der Waals surface area contributed by atoms with Crippen molar-refractivity contribution in [2.45, 2.75) is 44.4 Å². The average molecular weight is 343 g/mol. The SMILES string of the molecule is CO[C@H]1CCN(C(=O)Cn2c(C)nc3ccccc32)C[C@@]12CCCO2. The minimum atomic E-state index is -0.325. The van der Waals surface area contributed by atoms with Crippen molar-refractivity contribution in [3.05, 3.63) is 30.1 Å². The fourth-order valence-corrected chi connectivity index (χ4v) is 4.31. The van der Waals surface area contributed by atoms with Crippen LogP contribution < -0.4 is 0 Å². The molecular weight excluding hydrogens is 318 g/mol. The summed E-state index contributed by atoms with van der Waals surface area (Å²) >= 11 is 0. The zero-order valence-electron chi connectivity index (χ0n) is 14.9. The number of imidazole rings is 1. The van der Waals surface area contributed by atoms with Gasteiger partial charge in [-0.3, -0.25) is 4.79 Å². The number of carbonyl (C=O) groups is 1. The Balaban J connectivity index is 1.54. The summed E-state index contributed by atoms with van der Waals surface area (Å²) in [4.78, 5) is 19.5. The highest BCUT2D eigenvalue weighted by Crippen LogP contribution is 2.36. The Bertz CT molecular complexity index is 779. The molecule has 3 heterocycles. The molecule has 0 bridgehead atoms. The number of ether oxygens (including phenoxy) is 2. The molecular formula is C19H25N3O3. The number of benzene rings is 1. The maximum atomic E-state index is 13.0. The van der Waals surface area contributed by atoms with Gasteiger partial charge in [0.15, 0.2) is 0 Å². The van der Waals surface area contributed by atoms with Crippen LogP contribution in [0, 0.1) is 6.92 Å². The largest absolute Gasteiger partial charge is 0.378 e. The Morgan fingerprint density at radius 1 is 1.44 bits per heavy atom. The van der Waals surface area contributed by atoms with Crippen LogP contribution in [0.3, 0.4) is 0 Å². The van der Waals surface area contributed by atoms with E-state index in [0.717, 1.165) is 42.7 Å². The zero-order valence-corrected chi connectivity index (χ0v) is 14.9. The number of para-hydroxylation sites is 2. The number of methoxy groups -OCH3 is 1. The molecule has 134 valence electrons. The number of carbonyl (C=O) groups excluding carboxylic acids is 1. The minimum absolute atomic E-state index is 0.0786. The Labute approximate surface area is 147 Å². The third-order valence-electron chi connectivity index (χ3n) is 5.62. The second-order valence-corrected chi connectivity index (χ2v) is 7.08. The topological polar surface area (TPSA) is 56.6 Å². The van der Waals surface area contributed by atoms with Crippen LogP contribution in [0.4, 0.5) is 0 Å². The lowest BCUT2D eigenvalue weighted by molar-refractivity contribution is -0.161. The summed E-state index contributed by atoms with van der Waals surface area (Å²) < 4.78 is 13.7. The third kappa shape index (κ3) is 2.83. The first-order chi connectivity index (χ1) is 12.1. The number of hydrogen-bond donors (Lipinski definition) is 0. The molecule has 0 unspecified atom stereocenters. The first kappa shape index (κ1) is 16.5. The van der Waals surface area contributed by atoms with Gasteiger partial charge in [0.2, 0.25) is 5.91 Å². The molecule has 0 N–H and O–H groups in total. The van der Waals surface area contributed by atoms with Gasteiger partial charge >= 0.3 is 0 Å². The van der Waals surface area contributed by atoms with Gasteiger partial charge in [-0.15, -0.1) is 0 Å². The first-order valence-electron chi connectivity index (χ1n) is 8.99. The van der Waals surface area contributed by atoms with E-state index in [1.807, 2.05) is 40.7 Å². The standard InChI is InChI=1S/C19H25N3O3/c1-14-20-15-6-3-4-7-16(15)22(14)12-18(23)21-10-8-17(24-2)19(13-21)9-5-11-25-19/h3-4,6-7,17H,5,8-13H2,1-2H3/t17-,19-/m0/s1. The van der Waals surface area contributed by atoms with E-state index in [4.69, 9.17) is 9.47 Å². The van der Waals surface area contributed by atoms with Crippen molar-refractivity contribution in [3.63, 3.8) is 0 Å². The average Bonchev–Trinajstić information content (AvgIpc) is 3.20. The van der Waals surface area contributed by atoms with Crippen molar-refractivity contribution in [3.8, 4) is 0 Å². The molecule has 1 aromatic carbocycles. The molecule has 25 heavy (non-hydrogen) atoms. The number of nitrogens with zero attached hydrogens (tertiary/aromatic N) is 3. The van der Waals surface area contributed by atoms with Crippen molar-refractivity contribution in [1.82, 2.24) is 14.5 Å². The van der Waals surface area contributed by atoms with E-state index in [-0.39, 0.29) is 17.6 Å². The van der Waals surface area contributed by atoms with Crippen LogP contribution in [0.15, 0.2) is 24.3 Å². The van der Waals surface area contributed by atoms with Crippen LogP contribution in [0.2, 0.25) is 0 Å². The molecule has 1 aromatic heterocycles. The summed E-state index contributed by atoms with van der Waals surface area (Å²) in [7, 11) is 1.74. The molecule has 2 saturated heterocycles. The van der Waals surface area contributed by atoms with Crippen LogP contribution >= 0.6 is 0 Å². The summed E-state index contributed by atoms with van der Waals surface area (Å²) in [5.41, 5.74) is 1.61. The van der Waals surface area contributed by atoms with E-state index >= 15 is 0 Å². The highest BCUT2D eigenvalue weighted by molar-refractivity contribution is 5.81. The summed E-state index contributed by atoms with van der Waals surface area (Å²) in [5.74, 6) is 0.990. The highest BCUT2D eigenvalue weighted by Gasteiger charge is 2.48. The lowest BCUT2D eigenvalue weighted by atomic mass is 9.87. The van der Waals surface area contributed by atoms with Crippen LogP contribution in [0.5, 0.6) is 0 Å². The van der Waals surface area contributed by atoms with Crippen LogP contribution in [-0.2, 0) is 20.8 Å². The van der Waals surface area contributed by atoms with Gasteiger partial charge in [0.1, 0.15) is 18.0 Å². The van der Waals surface area contributed by atoms with Gasteiger partial charge in [0.25, 0.3) is 0 Å². The van der Waals surface area contributed by atoms with Gasteiger partial charge in [0.05, 0.1) is 23.7 Å². The lowest BCUT2D eigenvalue weighted by Crippen LogP contribution is -2.58. The van der Waals surface area contributed by atoms with E-state index in [0.29, 0.717) is 19.6 Å². The number of rotatable bonds is 3. The predicted molar refractivity (Wildman–Crippen MR) is 94.4 cm³/mol. The van der Waals surface area contributed by atoms with Crippen molar-refractivity contribution in [1.29, 1.82) is 0 Å². The molecule has 2 atom stereocenters. The second kappa shape index (κ2) is 6.42. The summed E-state index contributed by atoms with van der Waals surface area (Å²) in [6.45, 7) is 4.36. The summed E-state index contributed by atoms with van der Waals surface area (Å²) in [6, 6.07) is 7.95. The maximum Gasteiger partial charge on any atom is 0.242 e. The third-order valence-corrected chi connectivity index (χ3v) is 5.62. The summed E-state index contributed by atoms with van der Waals surface area (Å²) in [5, 5.41) is 0. The Morgan fingerprint density at radius 2 is 2.28 bits per heavy atom. The molecule has 0 aliphatic carbocycles. The Kier molecular flexibility index (Phi) is 4.25. The zero-order chi connectivity index (χ0) is 17.4. The van der Waals surface area contributed by atoms with Gasteiger partial charge < -0.3 is 18.9 Å². The molecule has 1 amide bonds. The number of amides is 1. The normalized spacial score (nSPS) is 26.6. The fraction of sp³-hybridized carbons (Fsp3) is 0.579. The monoisotopic (exact) mass is 343 g/mol. The molecule has 2 aromatic rings. The molecule has 1 spiro atoms. The van der Waals surface area contributed by atoms with Crippen molar-refractivity contribution in [2.24, 2.45) is 0 Å². The number of likely N-dealkylation sites (tertiary alicyclic amines) is 1. The van der Waals surface area contributed by atoms with Gasteiger partial charge in [0, 0.05) is 20.3 Å². The van der Waals surface area contributed by atoms with Crippen molar-refractivity contribution in [2.75, 3.05) is 26.8 Å². The maximum absolute atomic E-state index is 13.0. The quantitative estimate of drug-likeness (QED) is 0.857. The van der Waals surface area contributed by atoms with E-state index < -0.39 is 0 Å². The Hall–Kier alpha value is -1.92. The van der Waals surface area contributed by atoms with Crippen molar-refractivity contribution < 1.29 is 14.3 Å². The molecule has 0 saturated carbocycles. The molecule has 6 nitrogen and oxygen atoms in total. The van der Waals surface area contributed by atoms with Crippen LogP contribution in [-0.4, -0.2) is 58.9 Å². The first-order valence-corrected chi connectivity index (χ1v) is 8.99. The van der Waals surface area contributed by atoms with Gasteiger partial charge in [-0.05, 0) is 38.3 Å². The lowest BCUT2D eigenvalue weighted by Gasteiger charge is -2.44.